The first-order valence-corrected chi connectivity index (χ1v) is 9.47. The molecule has 1 aromatic heterocycles. The molecule has 0 spiro atoms. The molecule has 0 aliphatic carbocycles. The van der Waals surface area contributed by atoms with Gasteiger partial charge in [-0.15, -0.1) is 0 Å². The molecular formula is C24H27N3O. The molecule has 0 aliphatic heterocycles. The number of rotatable bonds is 4. The molecule has 0 saturated carbocycles. The maximum Gasteiger partial charge on any atom is 0.237 e. The quantitative estimate of drug-likeness (QED) is 0.646. The summed E-state index contributed by atoms with van der Waals surface area (Å²) < 4.78 is 0. The fourth-order valence-corrected chi connectivity index (χ4v) is 3.44. The van der Waals surface area contributed by atoms with E-state index in [9.17, 15) is 4.79 Å². The highest BCUT2D eigenvalue weighted by Gasteiger charge is 2.34. The normalized spacial score (nSPS) is 11.4. The Hall–Kier alpha value is -3.01. The van der Waals surface area contributed by atoms with Gasteiger partial charge in [0, 0.05) is 18.8 Å². The number of aromatic nitrogens is 2. The summed E-state index contributed by atoms with van der Waals surface area (Å²) in [6.45, 7) is 9.92. The van der Waals surface area contributed by atoms with Crippen molar-refractivity contribution in [3.8, 4) is 11.1 Å². The molecule has 3 rings (SSSR count). The van der Waals surface area contributed by atoms with Gasteiger partial charge in [0.2, 0.25) is 5.91 Å². The van der Waals surface area contributed by atoms with E-state index in [1.54, 1.807) is 11.9 Å². The van der Waals surface area contributed by atoms with E-state index in [2.05, 4.69) is 35.9 Å². The van der Waals surface area contributed by atoms with Gasteiger partial charge in [0.05, 0.1) is 5.41 Å². The van der Waals surface area contributed by atoms with Gasteiger partial charge in [-0.05, 0) is 56.9 Å². The lowest BCUT2D eigenvalue weighted by atomic mass is 9.83. The molecule has 0 radical (unpaired) electrons. The van der Waals surface area contributed by atoms with Crippen LogP contribution in [0.15, 0.2) is 54.7 Å². The number of aryl methyl sites for hydroxylation is 2. The maximum atomic E-state index is 13.5. The first-order valence-electron chi connectivity index (χ1n) is 9.47. The zero-order valence-electron chi connectivity index (χ0n) is 17.4. The van der Waals surface area contributed by atoms with Crippen molar-refractivity contribution in [2.45, 2.75) is 40.0 Å². The Morgan fingerprint density at radius 3 is 2.29 bits per heavy atom. The second kappa shape index (κ2) is 7.55. The lowest BCUT2D eigenvalue weighted by Gasteiger charge is -2.30. The van der Waals surface area contributed by atoms with Crippen LogP contribution in [0.5, 0.6) is 0 Å². The number of likely N-dealkylation sites (N-methyl/N-ethyl adjacent to an activating group) is 1. The first kappa shape index (κ1) is 19.7. The van der Waals surface area contributed by atoms with Gasteiger partial charge < -0.3 is 0 Å². The van der Waals surface area contributed by atoms with Crippen molar-refractivity contribution in [3.05, 3.63) is 77.2 Å². The van der Waals surface area contributed by atoms with Gasteiger partial charge in [0.1, 0.15) is 11.6 Å². The zero-order valence-corrected chi connectivity index (χ0v) is 17.4. The number of carbonyl (C=O) groups is 1. The minimum absolute atomic E-state index is 0.0108. The Kier molecular flexibility index (Phi) is 5.32. The minimum atomic E-state index is -0.673. The summed E-state index contributed by atoms with van der Waals surface area (Å²) in [7, 11) is 1.80. The van der Waals surface area contributed by atoms with Crippen LogP contribution >= 0.6 is 0 Å². The molecule has 2 aromatic carbocycles. The summed E-state index contributed by atoms with van der Waals surface area (Å²) in [5, 5.41) is 0. The van der Waals surface area contributed by atoms with Gasteiger partial charge in [0.15, 0.2) is 0 Å². The number of carbonyl (C=O) groups excluding carboxylic acids is 1. The Labute approximate surface area is 167 Å². The van der Waals surface area contributed by atoms with E-state index < -0.39 is 5.41 Å². The summed E-state index contributed by atoms with van der Waals surface area (Å²) in [5.74, 6) is 1.26. The molecule has 0 fully saturated rings. The first-order chi connectivity index (χ1) is 13.2. The van der Waals surface area contributed by atoms with Crippen LogP contribution in [0.3, 0.4) is 0 Å². The lowest BCUT2D eigenvalue weighted by molar-refractivity contribution is -0.122. The highest BCUT2D eigenvalue weighted by Crippen LogP contribution is 2.34. The number of amides is 1. The molecular weight excluding hydrogens is 346 g/mol. The van der Waals surface area contributed by atoms with E-state index >= 15 is 0 Å². The fourth-order valence-electron chi connectivity index (χ4n) is 3.44. The molecule has 0 N–H and O–H groups in total. The Morgan fingerprint density at radius 1 is 0.929 bits per heavy atom. The van der Waals surface area contributed by atoms with Crippen molar-refractivity contribution in [1.82, 2.24) is 9.97 Å². The molecule has 4 nitrogen and oxygen atoms in total. The van der Waals surface area contributed by atoms with E-state index in [0.717, 1.165) is 16.7 Å². The average molecular weight is 374 g/mol. The predicted molar refractivity (Wildman–Crippen MR) is 115 cm³/mol. The van der Waals surface area contributed by atoms with Gasteiger partial charge in [-0.25, -0.2) is 9.97 Å². The zero-order chi connectivity index (χ0) is 20.5. The van der Waals surface area contributed by atoms with Crippen molar-refractivity contribution in [3.63, 3.8) is 0 Å². The SMILES string of the molecule is Cc1ncc(-c2cccc(C)c2C)c(N(C)C(=O)C(C)(C)c2ccccc2)n1. The molecule has 0 unspecified atom stereocenters. The lowest BCUT2D eigenvalue weighted by Crippen LogP contribution is -2.42. The summed E-state index contributed by atoms with van der Waals surface area (Å²) in [6.07, 6.45) is 1.82. The van der Waals surface area contributed by atoms with E-state index in [1.165, 1.54) is 11.1 Å². The molecule has 0 aliphatic rings. The molecule has 28 heavy (non-hydrogen) atoms. The van der Waals surface area contributed by atoms with Crippen molar-refractivity contribution in [2.24, 2.45) is 0 Å². The molecule has 144 valence electrons. The second-order valence-electron chi connectivity index (χ2n) is 7.76. The van der Waals surface area contributed by atoms with Crippen LogP contribution in [0.4, 0.5) is 5.82 Å². The highest BCUT2D eigenvalue weighted by atomic mass is 16.2. The van der Waals surface area contributed by atoms with Crippen LogP contribution in [0, 0.1) is 20.8 Å². The van der Waals surface area contributed by atoms with Crippen LogP contribution in [0.1, 0.15) is 36.4 Å². The van der Waals surface area contributed by atoms with Gasteiger partial charge in [-0.1, -0.05) is 48.5 Å². The van der Waals surface area contributed by atoms with Gasteiger partial charge in [-0.2, -0.15) is 0 Å². The molecule has 0 bridgehead atoms. The molecule has 4 heteroatoms. The third-order valence-corrected chi connectivity index (χ3v) is 5.44. The standard InChI is InChI=1S/C24H27N3O/c1-16-11-10-14-20(17(16)2)21-15-25-18(3)26-22(21)27(6)23(28)24(4,5)19-12-8-7-9-13-19/h7-15H,1-6H3. The number of nitrogens with zero attached hydrogens (tertiary/aromatic N) is 3. The summed E-state index contributed by atoms with van der Waals surface area (Å²) in [6, 6.07) is 16.0. The summed E-state index contributed by atoms with van der Waals surface area (Å²) in [5.41, 5.74) is 4.58. The summed E-state index contributed by atoms with van der Waals surface area (Å²) in [4.78, 5) is 24.2. The van der Waals surface area contributed by atoms with Crippen LogP contribution < -0.4 is 4.90 Å². The third-order valence-electron chi connectivity index (χ3n) is 5.44. The van der Waals surface area contributed by atoms with Crippen LogP contribution in [0.25, 0.3) is 11.1 Å². The molecule has 1 heterocycles. The topological polar surface area (TPSA) is 46.1 Å². The number of benzene rings is 2. The fraction of sp³-hybridized carbons (Fsp3) is 0.292. The Balaban J connectivity index is 2.09. The van der Waals surface area contributed by atoms with Crippen molar-refractivity contribution < 1.29 is 4.79 Å². The Bertz CT molecular complexity index is 1010. The number of hydrogen-bond donors (Lipinski definition) is 0. The van der Waals surface area contributed by atoms with Crippen LogP contribution in [0.2, 0.25) is 0 Å². The van der Waals surface area contributed by atoms with Gasteiger partial charge in [-0.3, -0.25) is 9.69 Å². The van der Waals surface area contributed by atoms with Gasteiger partial charge in [0.25, 0.3) is 0 Å². The van der Waals surface area contributed by atoms with Gasteiger partial charge >= 0.3 is 0 Å². The minimum Gasteiger partial charge on any atom is -0.299 e. The van der Waals surface area contributed by atoms with Crippen LogP contribution in [-0.4, -0.2) is 22.9 Å². The predicted octanol–water partition coefficient (Wildman–Crippen LogP) is 5.01. The largest absolute Gasteiger partial charge is 0.299 e. The van der Waals surface area contributed by atoms with Crippen LogP contribution in [-0.2, 0) is 10.2 Å². The third kappa shape index (κ3) is 3.55. The van der Waals surface area contributed by atoms with E-state index in [4.69, 9.17) is 0 Å². The number of anilines is 1. The van der Waals surface area contributed by atoms with Crippen molar-refractivity contribution in [2.75, 3.05) is 11.9 Å². The summed E-state index contributed by atoms with van der Waals surface area (Å²) >= 11 is 0. The van der Waals surface area contributed by atoms with E-state index in [1.807, 2.05) is 63.4 Å². The number of hydrogen-bond acceptors (Lipinski definition) is 3. The highest BCUT2D eigenvalue weighted by molar-refractivity contribution is 6.02. The van der Waals surface area contributed by atoms with Crippen molar-refractivity contribution >= 4 is 11.7 Å². The second-order valence-corrected chi connectivity index (χ2v) is 7.76. The molecule has 3 aromatic rings. The smallest absolute Gasteiger partial charge is 0.237 e. The average Bonchev–Trinajstić information content (AvgIpc) is 2.70. The van der Waals surface area contributed by atoms with E-state index in [-0.39, 0.29) is 5.91 Å². The molecule has 1 amide bonds. The monoisotopic (exact) mass is 373 g/mol. The Morgan fingerprint density at radius 2 is 1.61 bits per heavy atom. The van der Waals surface area contributed by atoms with E-state index in [0.29, 0.717) is 11.6 Å². The maximum absolute atomic E-state index is 13.5. The molecule has 0 atom stereocenters. The molecule has 0 saturated heterocycles. The van der Waals surface area contributed by atoms with Crippen molar-refractivity contribution in [1.29, 1.82) is 0 Å².